The number of hydrogen-bond donors (Lipinski definition) is 1. The van der Waals surface area contributed by atoms with Gasteiger partial charge in [0.05, 0.1) is 25.3 Å². The van der Waals surface area contributed by atoms with Crippen LogP contribution in [0.5, 0.6) is 5.75 Å². The molecule has 0 aliphatic carbocycles. The highest BCUT2D eigenvalue weighted by Gasteiger charge is 2.32. The maximum absolute atomic E-state index is 12.1. The number of aromatic nitrogens is 1. The Morgan fingerprint density at radius 1 is 1.24 bits per heavy atom. The van der Waals surface area contributed by atoms with Gasteiger partial charge in [0.1, 0.15) is 10.6 Å². The van der Waals surface area contributed by atoms with Crippen LogP contribution >= 0.6 is 11.3 Å². The van der Waals surface area contributed by atoms with Crippen LogP contribution in [-0.4, -0.2) is 46.7 Å². The summed E-state index contributed by atoms with van der Waals surface area (Å²) in [5, 5.41) is 10.3. The number of imide groups is 1. The standard InChI is InChI=1S/C24H24N2O6S/c1-12(23(28)29)9-18-14(3)21-20(15-5-7-16(31-4)8-6-15)13(2)17(25-22(21)33-18)10-26-19(27)11-32-24(26)30/h5-8,12H,9-11H2,1-4H3,(H,28,29). The summed E-state index contributed by atoms with van der Waals surface area (Å²) in [5.74, 6) is -1.05. The Balaban J connectivity index is 1.90. The van der Waals surface area contributed by atoms with Crippen LogP contribution in [0.2, 0.25) is 0 Å². The molecule has 0 saturated carbocycles. The van der Waals surface area contributed by atoms with Gasteiger partial charge in [0.25, 0.3) is 5.91 Å². The summed E-state index contributed by atoms with van der Waals surface area (Å²) in [4.78, 5) is 43.1. The van der Waals surface area contributed by atoms with Crippen molar-refractivity contribution in [2.75, 3.05) is 13.7 Å². The van der Waals surface area contributed by atoms with E-state index in [4.69, 9.17) is 14.5 Å². The van der Waals surface area contributed by atoms with Crippen LogP contribution in [0.4, 0.5) is 4.79 Å². The summed E-state index contributed by atoms with van der Waals surface area (Å²) < 4.78 is 10.1. The molecule has 8 nitrogen and oxygen atoms in total. The molecule has 2 aromatic heterocycles. The highest BCUT2D eigenvalue weighted by atomic mass is 32.1. The minimum absolute atomic E-state index is 0.0143. The SMILES string of the molecule is COc1ccc(-c2c(C)c(CN3C(=O)COC3=O)nc3sc(CC(C)C(=O)O)c(C)c23)cc1. The van der Waals surface area contributed by atoms with Gasteiger partial charge in [-0.25, -0.2) is 14.7 Å². The van der Waals surface area contributed by atoms with Crippen molar-refractivity contribution in [3.8, 4) is 16.9 Å². The number of cyclic esters (lactones) is 1. The van der Waals surface area contributed by atoms with Gasteiger partial charge in [-0.3, -0.25) is 9.59 Å². The lowest BCUT2D eigenvalue weighted by atomic mass is 9.93. The van der Waals surface area contributed by atoms with Gasteiger partial charge in [0, 0.05) is 10.3 Å². The zero-order valence-electron chi connectivity index (χ0n) is 18.8. The molecule has 1 unspecified atom stereocenters. The number of methoxy groups -OCH3 is 1. The number of pyridine rings is 1. The molecule has 2 amide bonds. The Morgan fingerprint density at radius 3 is 2.52 bits per heavy atom. The molecule has 0 bridgehead atoms. The van der Waals surface area contributed by atoms with Gasteiger partial charge in [-0.1, -0.05) is 19.1 Å². The number of nitrogens with zero attached hydrogens (tertiary/aromatic N) is 2. The number of carbonyl (C=O) groups is 3. The number of thiophene rings is 1. The fourth-order valence-electron chi connectivity index (χ4n) is 3.97. The predicted molar refractivity (Wildman–Crippen MR) is 123 cm³/mol. The van der Waals surface area contributed by atoms with Gasteiger partial charge in [-0.15, -0.1) is 11.3 Å². The van der Waals surface area contributed by atoms with Crippen molar-refractivity contribution in [3.63, 3.8) is 0 Å². The number of aryl methyl sites for hydroxylation is 1. The molecular weight excluding hydrogens is 444 g/mol. The summed E-state index contributed by atoms with van der Waals surface area (Å²) >= 11 is 1.45. The Bertz CT molecular complexity index is 1250. The number of amides is 2. The van der Waals surface area contributed by atoms with Crippen LogP contribution in [0.3, 0.4) is 0 Å². The summed E-state index contributed by atoms with van der Waals surface area (Å²) in [6.07, 6.45) is -0.277. The monoisotopic (exact) mass is 468 g/mol. The lowest BCUT2D eigenvalue weighted by Crippen LogP contribution is -2.29. The molecule has 0 spiro atoms. The molecule has 172 valence electrons. The lowest BCUT2D eigenvalue weighted by molar-refractivity contribution is -0.141. The maximum Gasteiger partial charge on any atom is 0.417 e. The molecule has 3 aromatic rings. The molecule has 0 radical (unpaired) electrons. The van der Waals surface area contributed by atoms with Crippen molar-refractivity contribution in [2.45, 2.75) is 33.7 Å². The van der Waals surface area contributed by atoms with Gasteiger partial charge in [-0.05, 0) is 54.7 Å². The fraction of sp³-hybridized carbons (Fsp3) is 0.333. The first kappa shape index (κ1) is 22.7. The molecule has 1 aliphatic heterocycles. The highest BCUT2D eigenvalue weighted by Crippen LogP contribution is 2.41. The van der Waals surface area contributed by atoms with Gasteiger partial charge < -0.3 is 14.6 Å². The molecule has 9 heteroatoms. The summed E-state index contributed by atoms with van der Waals surface area (Å²) in [6.45, 7) is 5.34. The molecular formula is C24H24N2O6S. The fourth-order valence-corrected chi connectivity index (χ4v) is 5.31. The van der Waals surface area contributed by atoms with E-state index in [-0.39, 0.29) is 13.2 Å². The third-order valence-electron chi connectivity index (χ3n) is 5.96. The Hall–Kier alpha value is -3.46. The van der Waals surface area contributed by atoms with Gasteiger partial charge >= 0.3 is 12.1 Å². The molecule has 1 N–H and O–H groups in total. The van der Waals surface area contributed by atoms with E-state index < -0.39 is 23.9 Å². The van der Waals surface area contributed by atoms with Crippen LogP contribution in [0.1, 0.15) is 28.6 Å². The lowest BCUT2D eigenvalue weighted by Gasteiger charge is -2.17. The molecule has 1 saturated heterocycles. The Morgan fingerprint density at radius 2 is 1.94 bits per heavy atom. The summed E-state index contributed by atoms with van der Waals surface area (Å²) in [6, 6.07) is 7.65. The smallest absolute Gasteiger partial charge is 0.417 e. The quantitative estimate of drug-likeness (QED) is 0.550. The number of carboxylic acids is 1. The van der Waals surface area contributed by atoms with Crippen molar-refractivity contribution in [3.05, 3.63) is 46.0 Å². The number of ether oxygens (including phenoxy) is 2. The van der Waals surface area contributed by atoms with E-state index in [0.29, 0.717) is 12.1 Å². The molecule has 4 rings (SSSR count). The molecule has 1 aromatic carbocycles. The highest BCUT2D eigenvalue weighted by molar-refractivity contribution is 7.19. The number of hydrogen-bond acceptors (Lipinski definition) is 7. The zero-order valence-corrected chi connectivity index (χ0v) is 19.6. The average Bonchev–Trinajstić information content (AvgIpc) is 3.27. The van der Waals surface area contributed by atoms with Crippen LogP contribution < -0.4 is 4.74 Å². The topological polar surface area (TPSA) is 106 Å². The van der Waals surface area contributed by atoms with E-state index in [1.807, 2.05) is 38.1 Å². The number of benzene rings is 1. The van der Waals surface area contributed by atoms with Crippen molar-refractivity contribution in [1.82, 2.24) is 9.88 Å². The predicted octanol–water partition coefficient (Wildman–Crippen LogP) is 4.33. The number of carbonyl (C=O) groups excluding carboxylic acids is 2. The van der Waals surface area contributed by atoms with Gasteiger partial charge in [-0.2, -0.15) is 0 Å². The first-order chi connectivity index (χ1) is 15.7. The van der Waals surface area contributed by atoms with Crippen molar-refractivity contribution in [1.29, 1.82) is 0 Å². The second-order valence-electron chi connectivity index (χ2n) is 8.10. The largest absolute Gasteiger partial charge is 0.497 e. The van der Waals surface area contributed by atoms with E-state index in [2.05, 4.69) is 0 Å². The first-order valence-electron chi connectivity index (χ1n) is 10.5. The minimum Gasteiger partial charge on any atom is -0.497 e. The van der Waals surface area contributed by atoms with Crippen molar-refractivity contribution in [2.24, 2.45) is 5.92 Å². The third-order valence-corrected chi connectivity index (χ3v) is 7.17. The average molecular weight is 469 g/mol. The minimum atomic E-state index is -0.849. The first-order valence-corrected chi connectivity index (χ1v) is 11.3. The van der Waals surface area contributed by atoms with E-state index in [1.54, 1.807) is 14.0 Å². The van der Waals surface area contributed by atoms with Crippen LogP contribution in [0.25, 0.3) is 21.3 Å². The maximum atomic E-state index is 12.1. The number of rotatable bonds is 7. The second-order valence-corrected chi connectivity index (χ2v) is 9.18. The number of carboxylic acid groups (broad SMARTS) is 1. The molecule has 1 fully saturated rings. The van der Waals surface area contributed by atoms with Crippen molar-refractivity contribution < 1.29 is 29.0 Å². The van der Waals surface area contributed by atoms with Crippen molar-refractivity contribution >= 4 is 39.5 Å². The number of aliphatic carboxylic acids is 1. The second kappa shape index (κ2) is 8.82. The molecule has 3 heterocycles. The van der Waals surface area contributed by atoms with Crippen LogP contribution in [-0.2, 0) is 27.3 Å². The molecule has 33 heavy (non-hydrogen) atoms. The van der Waals surface area contributed by atoms with E-state index in [1.165, 1.54) is 11.3 Å². The summed E-state index contributed by atoms with van der Waals surface area (Å²) in [5.41, 5.74) is 4.32. The number of fused-ring (bicyclic) bond motifs is 1. The molecule has 1 atom stereocenters. The van der Waals surface area contributed by atoms with E-state index in [0.717, 1.165) is 48.0 Å². The van der Waals surface area contributed by atoms with E-state index >= 15 is 0 Å². The summed E-state index contributed by atoms with van der Waals surface area (Å²) in [7, 11) is 1.61. The van der Waals surface area contributed by atoms with Crippen LogP contribution in [0.15, 0.2) is 24.3 Å². The zero-order chi connectivity index (χ0) is 23.9. The third kappa shape index (κ3) is 4.16. The van der Waals surface area contributed by atoms with Gasteiger partial charge in [0.15, 0.2) is 6.61 Å². The Labute approximate surface area is 194 Å². The van der Waals surface area contributed by atoms with E-state index in [9.17, 15) is 19.5 Å². The van der Waals surface area contributed by atoms with Gasteiger partial charge in [0.2, 0.25) is 0 Å². The Kier molecular flexibility index (Phi) is 6.07. The molecule has 1 aliphatic rings. The van der Waals surface area contributed by atoms with Crippen LogP contribution in [0, 0.1) is 19.8 Å². The normalized spacial score (nSPS) is 14.6.